The summed E-state index contributed by atoms with van der Waals surface area (Å²) in [5.74, 6) is -1.41. The minimum absolute atomic E-state index is 0.0258. The van der Waals surface area contributed by atoms with Crippen molar-refractivity contribution in [3.8, 4) is 5.75 Å². The van der Waals surface area contributed by atoms with Crippen LogP contribution >= 0.6 is 45.2 Å². The molecule has 0 saturated heterocycles. The van der Waals surface area contributed by atoms with Crippen molar-refractivity contribution >= 4 is 76.6 Å². The van der Waals surface area contributed by atoms with Crippen molar-refractivity contribution in [2.24, 2.45) is 0 Å². The van der Waals surface area contributed by atoms with Gasteiger partial charge in [0, 0.05) is 7.14 Å². The topological polar surface area (TPSA) is 102 Å². The Hall–Kier alpha value is -1.72. The van der Waals surface area contributed by atoms with Crippen LogP contribution in [0.25, 0.3) is 0 Å². The molecule has 3 rings (SSSR count). The van der Waals surface area contributed by atoms with Crippen LogP contribution in [0.4, 0.5) is 20.2 Å². The lowest BCUT2D eigenvalue weighted by Gasteiger charge is -2.14. The molecule has 0 unspecified atom stereocenters. The molecule has 0 aliphatic rings. The Bertz CT molecular complexity index is 1360. The molecule has 0 spiro atoms. The van der Waals surface area contributed by atoms with E-state index in [2.05, 4.69) is 9.44 Å². The summed E-state index contributed by atoms with van der Waals surface area (Å²) in [4.78, 5) is -0.872. The van der Waals surface area contributed by atoms with Gasteiger partial charge >= 0.3 is 0 Å². The third kappa shape index (κ3) is 5.99. The summed E-state index contributed by atoms with van der Waals surface area (Å²) < 4.78 is 89.2. The van der Waals surface area contributed by atoms with E-state index in [1.807, 2.05) is 45.2 Å². The molecule has 0 aliphatic heterocycles. The minimum Gasteiger partial charge on any atom is -0.495 e. The van der Waals surface area contributed by atoms with Crippen LogP contribution in [-0.2, 0) is 20.0 Å². The van der Waals surface area contributed by atoms with E-state index in [9.17, 15) is 25.6 Å². The van der Waals surface area contributed by atoms with E-state index < -0.39 is 41.5 Å². The highest BCUT2D eigenvalue weighted by Gasteiger charge is 2.25. The molecule has 0 radical (unpaired) electrons. The van der Waals surface area contributed by atoms with Crippen molar-refractivity contribution in [2.45, 2.75) is 9.79 Å². The Morgan fingerprint density at radius 3 is 1.72 bits per heavy atom. The normalized spacial score (nSPS) is 11.8. The van der Waals surface area contributed by atoms with E-state index in [-0.39, 0.29) is 17.1 Å². The summed E-state index contributed by atoms with van der Waals surface area (Å²) in [5, 5.41) is 0. The average Bonchev–Trinajstić information content (AvgIpc) is 2.65. The van der Waals surface area contributed by atoms with Crippen LogP contribution in [0.15, 0.2) is 64.4 Å². The standard InChI is InChI=1S/C19H14F2I2N2O5S2/c1-30-18-3-2-17(31(26,27)24-15-6-11(20)4-13(22)8-15)10-19(18)32(28,29)25-16-7-12(21)5-14(23)9-16/h2-10,24-25H,1H3. The number of methoxy groups -OCH3 is 1. The van der Waals surface area contributed by atoms with E-state index in [0.29, 0.717) is 7.14 Å². The number of hydrogen-bond donors (Lipinski definition) is 2. The van der Waals surface area contributed by atoms with Crippen LogP contribution in [0.1, 0.15) is 0 Å². The Morgan fingerprint density at radius 1 is 0.750 bits per heavy atom. The first-order chi connectivity index (χ1) is 14.9. The Morgan fingerprint density at radius 2 is 1.25 bits per heavy atom. The van der Waals surface area contributed by atoms with Crippen molar-refractivity contribution in [3.63, 3.8) is 0 Å². The molecule has 0 heterocycles. The zero-order chi connectivity index (χ0) is 23.7. The molecule has 0 bridgehead atoms. The van der Waals surface area contributed by atoms with Crippen LogP contribution in [0.3, 0.4) is 0 Å². The van der Waals surface area contributed by atoms with Gasteiger partial charge in [-0.05, 0) is 99.8 Å². The summed E-state index contributed by atoms with van der Waals surface area (Å²) in [7, 11) is -7.40. The van der Waals surface area contributed by atoms with Gasteiger partial charge in [-0.25, -0.2) is 25.6 Å². The molecule has 3 aromatic rings. The lowest BCUT2D eigenvalue weighted by molar-refractivity contribution is 0.402. The molecular weight excluding hydrogens is 692 g/mol. The first kappa shape index (κ1) is 24.9. The molecule has 0 atom stereocenters. The molecule has 0 aliphatic carbocycles. The number of rotatable bonds is 7. The van der Waals surface area contributed by atoms with E-state index in [1.165, 1.54) is 37.4 Å². The van der Waals surface area contributed by atoms with Gasteiger partial charge in [0.05, 0.1) is 23.4 Å². The monoisotopic (exact) mass is 706 g/mol. The predicted octanol–water partition coefficient (Wildman–Crippen LogP) is 4.78. The highest BCUT2D eigenvalue weighted by Crippen LogP contribution is 2.30. The minimum atomic E-state index is -4.36. The number of ether oxygens (including phenoxy) is 1. The predicted molar refractivity (Wildman–Crippen MR) is 133 cm³/mol. The van der Waals surface area contributed by atoms with Crippen molar-refractivity contribution in [1.29, 1.82) is 0 Å². The third-order valence-corrected chi connectivity index (χ3v) is 7.99. The quantitative estimate of drug-likeness (QED) is 0.345. The highest BCUT2D eigenvalue weighted by atomic mass is 127. The van der Waals surface area contributed by atoms with Crippen molar-refractivity contribution in [2.75, 3.05) is 16.6 Å². The molecule has 2 N–H and O–H groups in total. The molecule has 13 heteroatoms. The number of benzene rings is 3. The van der Waals surface area contributed by atoms with Crippen molar-refractivity contribution < 1.29 is 30.4 Å². The lowest BCUT2D eigenvalue weighted by atomic mass is 10.3. The fourth-order valence-electron chi connectivity index (χ4n) is 2.68. The molecule has 0 aromatic heterocycles. The Balaban J connectivity index is 2.02. The number of anilines is 2. The molecule has 7 nitrogen and oxygen atoms in total. The molecule has 32 heavy (non-hydrogen) atoms. The van der Waals surface area contributed by atoms with Crippen LogP contribution in [0, 0.1) is 18.8 Å². The second-order valence-corrected chi connectivity index (χ2v) is 12.2. The summed E-state index contributed by atoms with van der Waals surface area (Å²) in [6.07, 6.45) is 0. The van der Waals surface area contributed by atoms with E-state index in [1.54, 1.807) is 0 Å². The second kappa shape index (κ2) is 9.64. The van der Waals surface area contributed by atoms with E-state index in [4.69, 9.17) is 4.74 Å². The molecule has 3 aromatic carbocycles. The van der Waals surface area contributed by atoms with Gasteiger partial charge in [-0.15, -0.1) is 0 Å². The molecule has 0 fully saturated rings. The van der Waals surface area contributed by atoms with Gasteiger partial charge in [-0.3, -0.25) is 9.44 Å². The smallest absolute Gasteiger partial charge is 0.265 e. The van der Waals surface area contributed by atoms with Gasteiger partial charge in [0.25, 0.3) is 20.0 Å². The summed E-state index contributed by atoms with van der Waals surface area (Å²) >= 11 is 3.66. The lowest BCUT2D eigenvalue weighted by Crippen LogP contribution is -2.17. The SMILES string of the molecule is COc1ccc(S(=O)(=O)Nc2cc(F)cc(I)c2)cc1S(=O)(=O)Nc1cc(F)cc(I)c1. The first-order valence-corrected chi connectivity index (χ1v) is 13.7. The first-order valence-electron chi connectivity index (χ1n) is 8.55. The average molecular weight is 706 g/mol. The molecule has 0 saturated carbocycles. The largest absolute Gasteiger partial charge is 0.495 e. The molecule has 170 valence electrons. The van der Waals surface area contributed by atoms with Gasteiger partial charge in [-0.2, -0.15) is 0 Å². The van der Waals surface area contributed by atoms with Gasteiger partial charge in [0.15, 0.2) is 0 Å². The maximum Gasteiger partial charge on any atom is 0.265 e. The van der Waals surface area contributed by atoms with Crippen LogP contribution < -0.4 is 14.2 Å². The molecular formula is C19H14F2I2N2O5S2. The van der Waals surface area contributed by atoms with Crippen molar-refractivity contribution in [1.82, 2.24) is 0 Å². The fourth-order valence-corrected chi connectivity index (χ4v) is 6.33. The third-order valence-electron chi connectivity index (χ3n) is 3.96. The number of halogens is 4. The van der Waals surface area contributed by atoms with Crippen LogP contribution in [0.5, 0.6) is 5.75 Å². The maximum atomic E-state index is 13.7. The van der Waals surface area contributed by atoms with Gasteiger partial charge < -0.3 is 4.74 Å². The summed E-state index contributed by atoms with van der Waals surface area (Å²) in [5.41, 5.74) is -0.0701. The van der Waals surface area contributed by atoms with Gasteiger partial charge in [0.2, 0.25) is 0 Å². The number of hydrogen-bond acceptors (Lipinski definition) is 5. The van der Waals surface area contributed by atoms with Crippen molar-refractivity contribution in [3.05, 3.63) is 73.4 Å². The van der Waals surface area contributed by atoms with E-state index in [0.717, 1.165) is 24.3 Å². The second-order valence-electron chi connectivity index (χ2n) is 6.34. The highest BCUT2D eigenvalue weighted by molar-refractivity contribution is 14.1. The number of nitrogens with one attached hydrogen (secondary N) is 2. The van der Waals surface area contributed by atoms with Crippen LogP contribution in [0.2, 0.25) is 0 Å². The zero-order valence-corrected chi connectivity index (χ0v) is 22.0. The Kier molecular flexibility index (Phi) is 7.51. The summed E-state index contributed by atoms with van der Waals surface area (Å²) in [6.45, 7) is 0. The van der Waals surface area contributed by atoms with E-state index >= 15 is 0 Å². The maximum absolute atomic E-state index is 13.7. The van der Waals surface area contributed by atoms with Gasteiger partial charge in [-0.1, -0.05) is 0 Å². The Labute approximate surface area is 211 Å². The van der Waals surface area contributed by atoms with Gasteiger partial charge in [0.1, 0.15) is 22.3 Å². The molecule has 0 amide bonds. The fraction of sp³-hybridized carbons (Fsp3) is 0.0526. The van der Waals surface area contributed by atoms with Crippen LogP contribution in [-0.4, -0.2) is 23.9 Å². The zero-order valence-electron chi connectivity index (χ0n) is 16.1. The number of sulfonamides is 2. The summed E-state index contributed by atoms with van der Waals surface area (Å²) in [6, 6.07) is 10.5.